The molecule has 176 valence electrons. The molecule has 1 N–H and O–H groups in total. The standard InChI is InChI=1S/C25H26F3NO4/c1-13(2)23(12-30)29-11-19(14(3)31)25(32)18-7-15(24(33-4)10-22(18)29)5-6-17-20(27)8-16(26)9-21(17)28/h7-11,13,23,30H,5-6,12H2,1-4H3/t23-/m1/s1. The van der Waals surface area contributed by atoms with Gasteiger partial charge in [0, 0.05) is 35.3 Å². The number of halogens is 3. The van der Waals surface area contributed by atoms with Crippen LogP contribution in [0.4, 0.5) is 13.2 Å². The van der Waals surface area contributed by atoms with Crippen LogP contribution in [0.1, 0.15) is 48.3 Å². The summed E-state index contributed by atoms with van der Waals surface area (Å²) in [5, 5.41) is 10.2. The Kier molecular flexibility index (Phi) is 7.27. The predicted molar refractivity (Wildman–Crippen MR) is 119 cm³/mol. The lowest BCUT2D eigenvalue weighted by Crippen LogP contribution is -2.25. The molecule has 0 radical (unpaired) electrons. The van der Waals surface area contributed by atoms with E-state index in [1.165, 1.54) is 20.2 Å². The maximum Gasteiger partial charge on any atom is 0.200 e. The number of benzene rings is 2. The maximum absolute atomic E-state index is 14.1. The number of aliphatic hydroxyl groups is 1. The van der Waals surface area contributed by atoms with E-state index in [0.717, 1.165) is 0 Å². The second kappa shape index (κ2) is 9.79. The molecule has 0 saturated carbocycles. The van der Waals surface area contributed by atoms with Crippen molar-refractivity contribution in [2.75, 3.05) is 13.7 Å². The van der Waals surface area contributed by atoms with Crippen LogP contribution in [0.5, 0.6) is 5.75 Å². The Morgan fingerprint density at radius 2 is 1.73 bits per heavy atom. The van der Waals surface area contributed by atoms with Gasteiger partial charge in [-0.2, -0.15) is 0 Å². The summed E-state index contributed by atoms with van der Waals surface area (Å²) in [5.41, 5.74) is 0.208. The largest absolute Gasteiger partial charge is 0.496 e. The van der Waals surface area contributed by atoms with E-state index in [1.54, 1.807) is 16.7 Å². The highest BCUT2D eigenvalue weighted by Crippen LogP contribution is 2.30. The van der Waals surface area contributed by atoms with Crippen LogP contribution in [0.15, 0.2) is 35.3 Å². The number of nitrogens with zero attached hydrogens (tertiary/aromatic N) is 1. The van der Waals surface area contributed by atoms with E-state index in [-0.39, 0.29) is 41.9 Å². The van der Waals surface area contributed by atoms with Gasteiger partial charge >= 0.3 is 0 Å². The van der Waals surface area contributed by atoms with Gasteiger partial charge in [-0.05, 0) is 37.3 Å². The van der Waals surface area contributed by atoms with E-state index in [0.29, 0.717) is 29.0 Å². The minimum Gasteiger partial charge on any atom is -0.496 e. The van der Waals surface area contributed by atoms with Crippen LogP contribution in [0.2, 0.25) is 0 Å². The fourth-order valence-corrected chi connectivity index (χ4v) is 4.02. The number of pyridine rings is 1. The Balaban J connectivity index is 2.19. The van der Waals surface area contributed by atoms with E-state index in [1.807, 2.05) is 13.8 Å². The lowest BCUT2D eigenvalue weighted by molar-refractivity contribution is 0.101. The Hall–Kier alpha value is -3.13. The third-order valence-corrected chi connectivity index (χ3v) is 5.88. The number of aryl methyl sites for hydroxylation is 1. The van der Waals surface area contributed by atoms with Crippen LogP contribution < -0.4 is 10.2 Å². The molecule has 3 aromatic rings. The molecule has 8 heteroatoms. The number of Topliss-reactive ketones (excluding diaryl/α,β-unsaturated/α-hetero) is 1. The van der Waals surface area contributed by atoms with E-state index in [2.05, 4.69) is 0 Å². The minimum absolute atomic E-state index is 0.00407. The van der Waals surface area contributed by atoms with Crippen LogP contribution in [-0.4, -0.2) is 29.2 Å². The molecule has 0 amide bonds. The molecule has 0 aliphatic heterocycles. The second-order valence-corrected chi connectivity index (χ2v) is 8.36. The summed E-state index contributed by atoms with van der Waals surface area (Å²) in [4.78, 5) is 25.2. The van der Waals surface area contributed by atoms with Gasteiger partial charge in [0.05, 0.1) is 30.8 Å². The highest BCUT2D eigenvalue weighted by Gasteiger charge is 2.22. The number of carbonyl (C=O) groups excluding carboxylic acids is 1. The molecule has 0 aliphatic rings. The Bertz CT molecular complexity index is 1240. The molecule has 5 nitrogen and oxygen atoms in total. The predicted octanol–water partition coefficient (Wildman–Crippen LogP) is 4.60. The van der Waals surface area contributed by atoms with Crippen molar-refractivity contribution in [1.82, 2.24) is 4.57 Å². The molecule has 1 atom stereocenters. The lowest BCUT2D eigenvalue weighted by Gasteiger charge is -2.25. The molecule has 0 saturated heterocycles. The van der Waals surface area contributed by atoms with Gasteiger partial charge in [-0.15, -0.1) is 0 Å². The highest BCUT2D eigenvalue weighted by molar-refractivity contribution is 5.97. The Morgan fingerprint density at radius 3 is 2.24 bits per heavy atom. The van der Waals surface area contributed by atoms with Gasteiger partial charge in [-0.3, -0.25) is 9.59 Å². The number of aliphatic hydroxyl groups excluding tert-OH is 1. The van der Waals surface area contributed by atoms with Crippen molar-refractivity contribution in [2.24, 2.45) is 5.92 Å². The van der Waals surface area contributed by atoms with Crippen LogP contribution in [0.3, 0.4) is 0 Å². The molecule has 0 aliphatic carbocycles. The van der Waals surface area contributed by atoms with Gasteiger partial charge in [0.25, 0.3) is 0 Å². The van der Waals surface area contributed by atoms with Crippen molar-refractivity contribution < 1.29 is 27.8 Å². The van der Waals surface area contributed by atoms with Gasteiger partial charge in [-0.1, -0.05) is 13.8 Å². The molecule has 2 aromatic carbocycles. The number of ketones is 1. The number of aromatic nitrogens is 1. The normalized spacial score (nSPS) is 12.4. The average molecular weight is 461 g/mol. The molecule has 0 unspecified atom stereocenters. The quantitative estimate of drug-likeness (QED) is 0.498. The van der Waals surface area contributed by atoms with Crippen LogP contribution in [0, 0.1) is 23.4 Å². The summed E-state index contributed by atoms with van der Waals surface area (Å²) in [7, 11) is 1.43. The topological polar surface area (TPSA) is 68.5 Å². The molecule has 1 aromatic heterocycles. The van der Waals surface area contributed by atoms with Gasteiger partial charge < -0.3 is 14.4 Å². The summed E-state index contributed by atoms with van der Waals surface area (Å²) in [6, 6.07) is 4.01. The number of carbonyl (C=O) groups is 1. The first-order chi connectivity index (χ1) is 15.6. The van der Waals surface area contributed by atoms with Crippen molar-refractivity contribution in [3.05, 3.63) is 74.8 Å². The van der Waals surface area contributed by atoms with Gasteiger partial charge in [0.2, 0.25) is 0 Å². The first kappa shape index (κ1) is 24.5. The number of rotatable bonds is 8. The molecular formula is C25H26F3NO4. The number of fused-ring (bicyclic) bond motifs is 1. The smallest absolute Gasteiger partial charge is 0.200 e. The summed E-state index contributed by atoms with van der Waals surface area (Å²) in [6.45, 7) is 4.91. The summed E-state index contributed by atoms with van der Waals surface area (Å²) in [6.07, 6.45) is 1.47. The van der Waals surface area contributed by atoms with Crippen molar-refractivity contribution in [2.45, 2.75) is 39.7 Å². The molecule has 3 rings (SSSR count). The molecule has 33 heavy (non-hydrogen) atoms. The van der Waals surface area contributed by atoms with Crippen molar-refractivity contribution >= 4 is 16.7 Å². The minimum atomic E-state index is -1.00. The first-order valence-electron chi connectivity index (χ1n) is 10.6. The van der Waals surface area contributed by atoms with Crippen LogP contribution >= 0.6 is 0 Å². The lowest BCUT2D eigenvalue weighted by atomic mass is 9.98. The number of hydrogen-bond acceptors (Lipinski definition) is 4. The third-order valence-electron chi connectivity index (χ3n) is 5.88. The van der Waals surface area contributed by atoms with Crippen molar-refractivity contribution in [3.8, 4) is 5.75 Å². The van der Waals surface area contributed by atoms with Crippen LogP contribution in [-0.2, 0) is 12.8 Å². The fourth-order valence-electron chi connectivity index (χ4n) is 4.02. The molecule has 0 spiro atoms. The van der Waals surface area contributed by atoms with Gasteiger partial charge in [0.15, 0.2) is 11.2 Å². The molecule has 0 bridgehead atoms. The summed E-state index contributed by atoms with van der Waals surface area (Å²) in [5.74, 6) is -3.01. The number of hydrogen-bond donors (Lipinski definition) is 1. The zero-order valence-electron chi connectivity index (χ0n) is 18.9. The fraction of sp³-hybridized carbons (Fsp3) is 0.360. The number of ether oxygens (including phenoxy) is 1. The van der Waals surface area contributed by atoms with Crippen molar-refractivity contribution in [1.29, 1.82) is 0 Å². The maximum atomic E-state index is 14.1. The third kappa shape index (κ3) is 4.80. The zero-order valence-corrected chi connectivity index (χ0v) is 18.9. The Morgan fingerprint density at radius 1 is 1.09 bits per heavy atom. The average Bonchev–Trinajstić information content (AvgIpc) is 2.74. The zero-order chi connectivity index (χ0) is 24.4. The van der Waals surface area contributed by atoms with Crippen LogP contribution in [0.25, 0.3) is 10.9 Å². The van der Waals surface area contributed by atoms with E-state index < -0.39 is 34.7 Å². The molecule has 1 heterocycles. The molecule has 0 fully saturated rings. The Labute approximate surface area is 189 Å². The molecular weight excluding hydrogens is 435 g/mol. The highest BCUT2D eigenvalue weighted by atomic mass is 19.1. The summed E-state index contributed by atoms with van der Waals surface area (Å²) < 4.78 is 48.6. The van der Waals surface area contributed by atoms with Gasteiger partial charge in [0.1, 0.15) is 23.2 Å². The van der Waals surface area contributed by atoms with E-state index in [9.17, 15) is 27.9 Å². The SMILES string of the molecule is COc1cc2c(cc1CCc1c(F)cc(F)cc1F)c(=O)c(C(C)=O)cn2[C@H](CO)C(C)C. The number of methoxy groups -OCH3 is 1. The second-order valence-electron chi connectivity index (χ2n) is 8.36. The van der Waals surface area contributed by atoms with E-state index >= 15 is 0 Å². The first-order valence-corrected chi connectivity index (χ1v) is 10.6. The monoisotopic (exact) mass is 461 g/mol. The van der Waals surface area contributed by atoms with Gasteiger partial charge in [-0.25, -0.2) is 13.2 Å². The van der Waals surface area contributed by atoms with E-state index in [4.69, 9.17) is 4.74 Å². The summed E-state index contributed by atoms with van der Waals surface area (Å²) >= 11 is 0. The van der Waals surface area contributed by atoms with Crippen molar-refractivity contribution in [3.63, 3.8) is 0 Å².